The molecule has 112 valence electrons. The Kier molecular flexibility index (Phi) is 4.53. The molecule has 0 bridgehead atoms. The fraction of sp³-hybridized carbons (Fsp3) is 0.467. The zero-order chi connectivity index (χ0) is 14.7. The van der Waals surface area contributed by atoms with Gasteiger partial charge in [0.2, 0.25) is 0 Å². The number of halogens is 1. The number of aliphatic hydroxyl groups excluding tert-OH is 1. The molecular weight excluding hydrogens is 288 g/mol. The van der Waals surface area contributed by atoms with Crippen molar-refractivity contribution in [3.05, 3.63) is 47.5 Å². The summed E-state index contributed by atoms with van der Waals surface area (Å²) < 4.78 is 1.84. The zero-order valence-electron chi connectivity index (χ0n) is 11.8. The lowest BCUT2D eigenvalue weighted by molar-refractivity contribution is 0.141. The third-order valence-corrected chi connectivity index (χ3v) is 4.17. The van der Waals surface area contributed by atoms with Crippen LogP contribution in [0.3, 0.4) is 0 Å². The molecule has 3 rings (SSSR count). The lowest BCUT2D eigenvalue weighted by Gasteiger charge is -2.15. The number of rotatable bonds is 5. The second-order valence-corrected chi connectivity index (χ2v) is 6.00. The van der Waals surface area contributed by atoms with Gasteiger partial charge in [0.15, 0.2) is 0 Å². The van der Waals surface area contributed by atoms with Gasteiger partial charge in [0.05, 0.1) is 23.9 Å². The topological polar surface area (TPSA) is 54.2 Å². The minimum absolute atomic E-state index is 0.264. The van der Waals surface area contributed by atoms with E-state index in [1.165, 1.54) is 5.56 Å². The molecule has 0 saturated carbocycles. The number of likely N-dealkylation sites (tertiary alicyclic amines) is 1. The van der Waals surface area contributed by atoms with Crippen LogP contribution in [0.5, 0.6) is 0 Å². The minimum Gasteiger partial charge on any atom is -0.391 e. The number of hydrogen-bond donors (Lipinski definition) is 1. The van der Waals surface area contributed by atoms with E-state index >= 15 is 0 Å². The molecule has 0 amide bonds. The smallest absolute Gasteiger partial charge is 0.0785 e. The zero-order valence-corrected chi connectivity index (χ0v) is 12.5. The number of β-amino-alcohol motifs (C(OH)–C–C–N with tert-alkyl or cyclic N) is 1. The van der Waals surface area contributed by atoms with E-state index in [1.54, 1.807) is 18.6 Å². The first kappa shape index (κ1) is 14.5. The van der Waals surface area contributed by atoms with E-state index in [0.29, 0.717) is 5.02 Å². The summed E-state index contributed by atoms with van der Waals surface area (Å²) in [6, 6.07) is 4.03. The van der Waals surface area contributed by atoms with Gasteiger partial charge in [-0.1, -0.05) is 11.6 Å². The molecule has 0 spiro atoms. The minimum atomic E-state index is -0.264. The Balaban J connectivity index is 1.51. The third kappa shape index (κ3) is 3.81. The summed E-state index contributed by atoms with van der Waals surface area (Å²) in [7, 11) is 0. The Labute approximate surface area is 129 Å². The molecule has 5 nitrogen and oxygen atoms in total. The molecule has 2 atom stereocenters. The van der Waals surface area contributed by atoms with Gasteiger partial charge >= 0.3 is 0 Å². The van der Waals surface area contributed by atoms with Crippen molar-refractivity contribution in [1.82, 2.24) is 19.7 Å². The highest BCUT2D eigenvalue weighted by molar-refractivity contribution is 6.30. The number of aromatic nitrogens is 3. The summed E-state index contributed by atoms with van der Waals surface area (Å²) in [4.78, 5) is 6.31. The van der Waals surface area contributed by atoms with Gasteiger partial charge in [0.1, 0.15) is 0 Å². The molecule has 0 aromatic carbocycles. The largest absolute Gasteiger partial charge is 0.391 e. The molecular formula is C15H19ClN4O. The van der Waals surface area contributed by atoms with Crippen LogP contribution < -0.4 is 0 Å². The van der Waals surface area contributed by atoms with Gasteiger partial charge in [-0.25, -0.2) is 0 Å². The van der Waals surface area contributed by atoms with E-state index in [0.717, 1.165) is 32.6 Å². The number of aliphatic hydroxyl groups is 1. The average Bonchev–Trinajstić information content (AvgIpc) is 3.04. The van der Waals surface area contributed by atoms with Crippen LogP contribution in [0.15, 0.2) is 36.9 Å². The Morgan fingerprint density at radius 1 is 1.24 bits per heavy atom. The molecule has 2 aromatic heterocycles. The van der Waals surface area contributed by atoms with Gasteiger partial charge in [0.25, 0.3) is 0 Å². The van der Waals surface area contributed by atoms with Gasteiger partial charge in [-0.3, -0.25) is 14.6 Å². The molecule has 1 fully saturated rings. The van der Waals surface area contributed by atoms with Crippen molar-refractivity contribution >= 4 is 11.6 Å². The fourth-order valence-corrected chi connectivity index (χ4v) is 3.01. The maximum Gasteiger partial charge on any atom is 0.0785 e. The van der Waals surface area contributed by atoms with E-state index in [2.05, 4.69) is 15.0 Å². The predicted octanol–water partition coefficient (Wildman–Crippen LogP) is 1.47. The highest BCUT2D eigenvalue weighted by atomic mass is 35.5. The Morgan fingerprint density at radius 2 is 2.05 bits per heavy atom. The third-order valence-electron chi connectivity index (χ3n) is 3.98. The average molecular weight is 307 g/mol. The van der Waals surface area contributed by atoms with Gasteiger partial charge in [-0.15, -0.1) is 0 Å². The van der Waals surface area contributed by atoms with Crippen molar-refractivity contribution in [3.63, 3.8) is 0 Å². The van der Waals surface area contributed by atoms with Crippen molar-refractivity contribution < 1.29 is 5.11 Å². The molecule has 2 unspecified atom stereocenters. The first-order chi connectivity index (χ1) is 10.2. The summed E-state index contributed by atoms with van der Waals surface area (Å²) in [5.41, 5.74) is 1.23. The summed E-state index contributed by atoms with van der Waals surface area (Å²) in [6.45, 7) is 3.31. The predicted molar refractivity (Wildman–Crippen MR) is 81.1 cm³/mol. The van der Waals surface area contributed by atoms with Crippen LogP contribution in [0.25, 0.3) is 0 Å². The van der Waals surface area contributed by atoms with Gasteiger partial charge in [-0.2, -0.15) is 5.10 Å². The Bertz CT molecular complexity index is 574. The summed E-state index contributed by atoms with van der Waals surface area (Å²) in [5.74, 6) is 0.286. The summed E-state index contributed by atoms with van der Waals surface area (Å²) in [6.07, 6.45) is 7.70. The molecule has 1 aliphatic rings. The van der Waals surface area contributed by atoms with Crippen LogP contribution in [-0.4, -0.2) is 50.5 Å². The van der Waals surface area contributed by atoms with E-state index in [1.807, 2.05) is 23.0 Å². The molecule has 21 heavy (non-hydrogen) atoms. The molecule has 2 aromatic rings. The van der Waals surface area contributed by atoms with E-state index in [-0.39, 0.29) is 12.0 Å². The van der Waals surface area contributed by atoms with Gasteiger partial charge in [0, 0.05) is 44.1 Å². The van der Waals surface area contributed by atoms with Crippen LogP contribution in [-0.2, 0) is 13.0 Å². The fourth-order valence-electron chi connectivity index (χ4n) is 2.85. The lowest BCUT2D eigenvalue weighted by atomic mass is 9.97. The maximum atomic E-state index is 10.2. The van der Waals surface area contributed by atoms with E-state index in [9.17, 15) is 5.11 Å². The van der Waals surface area contributed by atoms with Crippen molar-refractivity contribution in [3.8, 4) is 0 Å². The molecule has 0 aliphatic carbocycles. The second-order valence-electron chi connectivity index (χ2n) is 5.57. The van der Waals surface area contributed by atoms with Crippen LogP contribution >= 0.6 is 11.6 Å². The SMILES string of the molecule is OC1CN(CCn2cc(Cl)cn2)CC1Cc1ccncc1. The maximum absolute atomic E-state index is 10.2. The normalized spacial score (nSPS) is 22.8. The first-order valence-corrected chi connectivity index (χ1v) is 7.56. The Morgan fingerprint density at radius 3 is 2.76 bits per heavy atom. The Hall–Kier alpha value is -1.43. The quantitative estimate of drug-likeness (QED) is 0.909. The van der Waals surface area contributed by atoms with Gasteiger partial charge < -0.3 is 5.11 Å². The van der Waals surface area contributed by atoms with Crippen molar-refractivity contribution in [2.75, 3.05) is 19.6 Å². The highest BCUT2D eigenvalue weighted by Crippen LogP contribution is 2.21. The molecule has 1 saturated heterocycles. The van der Waals surface area contributed by atoms with Crippen LogP contribution in [0.2, 0.25) is 5.02 Å². The number of hydrogen-bond acceptors (Lipinski definition) is 4. The molecule has 3 heterocycles. The second kappa shape index (κ2) is 6.56. The van der Waals surface area contributed by atoms with Crippen LogP contribution in [0.4, 0.5) is 0 Å². The lowest BCUT2D eigenvalue weighted by Crippen LogP contribution is -2.26. The summed E-state index contributed by atoms with van der Waals surface area (Å²) in [5, 5.41) is 15.1. The number of nitrogens with zero attached hydrogens (tertiary/aromatic N) is 4. The van der Waals surface area contributed by atoms with E-state index < -0.39 is 0 Å². The van der Waals surface area contributed by atoms with Gasteiger partial charge in [-0.05, 0) is 24.1 Å². The van der Waals surface area contributed by atoms with Crippen LogP contribution in [0, 0.1) is 5.92 Å². The molecule has 0 radical (unpaired) electrons. The van der Waals surface area contributed by atoms with Crippen molar-refractivity contribution in [1.29, 1.82) is 0 Å². The van der Waals surface area contributed by atoms with E-state index in [4.69, 9.17) is 11.6 Å². The molecule has 1 N–H and O–H groups in total. The summed E-state index contributed by atoms with van der Waals surface area (Å²) >= 11 is 5.85. The monoisotopic (exact) mass is 306 g/mol. The first-order valence-electron chi connectivity index (χ1n) is 7.18. The molecule has 6 heteroatoms. The number of pyridine rings is 1. The van der Waals surface area contributed by atoms with Crippen molar-refractivity contribution in [2.45, 2.75) is 19.1 Å². The van der Waals surface area contributed by atoms with Crippen molar-refractivity contribution in [2.24, 2.45) is 5.92 Å². The standard InChI is InChI=1S/C15H19ClN4O/c16-14-8-18-20(10-14)6-5-19-9-13(15(21)11-19)7-12-1-3-17-4-2-12/h1-4,8,10,13,15,21H,5-7,9,11H2. The molecule has 1 aliphatic heterocycles. The highest BCUT2D eigenvalue weighted by Gasteiger charge is 2.30. The van der Waals surface area contributed by atoms with Crippen LogP contribution in [0.1, 0.15) is 5.56 Å².